The van der Waals surface area contributed by atoms with Crippen molar-refractivity contribution in [3.63, 3.8) is 0 Å². The predicted octanol–water partition coefficient (Wildman–Crippen LogP) is 7.70. The molecule has 0 fully saturated rings. The number of ether oxygens (including phenoxy) is 1. The first kappa shape index (κ1) is 21.0. The molecule has 0 saturated heterocycles. The van der Waals surface area contributed by atoms with E-state index in [1.54, 1.807) is 17.4 Å². The average Bonchev–Trinajstić information content (AvgIpc) is 3.18. The van der Waals surface area contributed by atoms with Crippen LogP contribution in [-0.4, -0.2) is 18.1 Å². The molecule has 3 nitrogen and oxygen atoms in total. The maximum Gasteiger partial charge on any atom is 0.132 e. The van der Waals surface area contributed by atoms with E-state index in [2.05, 4.69) is 43.0 Å². The molecule has 1 heterocycles. The number of anilines is 1. The number of halogens is 2. The molecule has 0 aliphatic carbocycles. The molecule has 1 aromatic heterocycles. The Morgan fingerprint density at radius 3 is 2.50 bits per heavy atom. The molecule has 4 rings (SSSR count). The van der Waals surface area contributed by atoms with Gasteiger partial charge in [0, 0.05) is 40.5 Å². The standard InChI is InChI=1S/C24H22Cl2N2OS/c1-3-28(4-2)18-11-12-19(24-27-21-7-5-6-8-23(21)30-24)22(14-18)29-15-16-9-10-17(25)13-20(16)26/h5-14H,3-4,15H2,1-2H3. The molecule has 154 valence electrons. The zero-order valence-electron chi connectivity index (χ0n) is 16.9. The van der Waals surface area contributed by atoms with Crippen LogP contribution in [0.15, 0.2) is 60.7 Å². The number of nitrogens with zero attached hydrogens (tertiary/aromatic N) is 2. The molecule has 6 heteroatoms. The van der Waals surface area contributed by atoms with Gasteiger partial charge in [-0.15, -0.1) is 11.3 Å². The number of hydrogen-bond acceptors (Lipinski definition) is 4. The van der Waals surface area contributed by atoms with Gasteiger partial charge < -0.3 is 9.64 Å². The first-order valence-corrected chi connectivity index (χ1v) is 11.5. The van der Waals surface area contributed by atoms with E-state index < -0.39 is 0 Å². The molecular formula is C24H22Cl2N2OS. The second-order valence-electron chi connectivity index (χ2n) is 6.86. The van der Waals surface area contributed by atoms with Crippen LogP contribution in [-0.2, 0) is 6.61 Å². The highest BCUT2D eigenvalue weighted by atomic mass is 35.5. The van der Waals surface area contributed by atoms with Gasteiger partial charge >= 0.3 is 0 Å². The lowest BCUT2D eigenvalue weighted by Crippen LogP contribution is -2.21. The summed E-state index contributed by atoms with van der Waals surface area (Å²) < 4.78 is 7.45. The third-order valence-corrected chi connectivity index (χ3v) is 6.67. The quantitative estimate of drug-likeness (QED) is 0.284. The molecule has 30 heavy (non-hydrogen) atoms. The molecule has 0 radical (unpaired) electrons. The first-order valence-electron chi connectivity index (χ1n) is 9.90. The fraction of sp³-hybridized carbons (Fsp3) is 0.208. The summed E-state index contributed by atoms with van der Waals surface area (Å²) in [5.74, 6) is 0.796. The van der Waals surface area contributed by atoms with E-state index in [1.165, 1.54) is 0 Å². The lowest BCUT2D eigenvalue weighted by atomic mass is 10.1. The van der Waals surface area contributed by atoms with E-state index in [0.717, 1.165) is 50.9 Å². The Balaban J connectivity index is 1.73. The molecule has 0 amide bonds. The van der Waals surface area contributed by atoms with Crippen molar-refractivity contribution in [1.29, 1.82) is 0 Å². The fourth-order valence-electron chi connectivity index (χ4n) is 3.37. The lowest BCUT2D eigenvalue weighted by molar-refractivity contribution is 0.307. The largest absolute Gasteiger partial charge is 0.488 e. The van der Waals surface area contributed by atoms with Gasteiger partial charge in [-0.05, 0) is 50.2 Å². The van der Waals surface area contributed by atoms with E-state index in [0.29, 0.717) is 16.7 Å². The average molecular weight is 457 g/mol. The van der Waals surface area contributed by atoms with E-state index in [4.69, 9.17) is 32.9 Å². The van der Waals surface area contributed by atoms with E-state index >= 15 is 0 Å². The monoisotopic (exact) mass is 456 g/mol. The van der Waals surface area contributed by atoms with E-state index in [9.17, 15) is 0 Å². The summed E-state index contributed by atoms with van der Waals surface area (Å²) in [5, 5.41) is 2.16. The van der Waals surface area contributed by atoms with Crippen LogP contribution >= 0.6 is 34.5 Å². The Morgan fingerprint density at radius 2 is 1.77 bits per heavy atom. The number of para-hydroxylation sites is 1. The number of hydrogen-bond donors (Lipinski definition) is 0. The fourth-order valence-corrected chi connectivity index (χ4v) is 4.83. The van der Waals surface area contributed by atoms with E-state index in [1.807, 2.05) is 30.3 Å². The number of aromatic nitrogens is 1. The maximum atomic E-state index is 6.35. The number of benzene rings is 3. The highest BCUT2D eigenvalue weighted by Gasteiger charge is 2.15. The summed E-state index contributed by atoms with van der Waals surface area (Å²) >= 11 is 14.0. The Bertz CT molecular complexity index is 1140. The summed E-state index contributed by atoms with van der Waals surface area (Å²) in [6.45, 7) is 6.52. The van der Waals surface area contributed by atoms with Crippen molar-refractivity contribution in [2.45, 2.75) is 20.5 Å². The number of fused-ring (bicyclic) bond motifs is 1. The topological polar surface area (TPSA) is 25.4 Å². The lowest BCUT2D eigenvalue weighted by Gasteiger charge is -2.22. The molecule has 0 atom stereocenters. The van der Waals surface area contributed by atoms with Crippen molar-refractivity contribution >= 4 is 50.4 Å². The van der Waals surface area contributed by atoms with Crippen LogP contribution in [0.4, 0.5) is 5.69 Å². The Kier molecular flexibility index (Phi) is 6.47. The smallest absolute Gasteiger partial charge is 0.132 e. The van der Waals surface area contributed by atoms with Crippen molar-refractivity contribution in [2.24, 2.45) is 0 Å². The minimum atomic E-state index is 0.357. The SMILES string of the molecule is CCN(CC)c1ccc(-c2nc3ccccc3s2)c(OCc2ccc(Cl)cc2Cl)c1. The van der Waals surface area contributed by atoms with Crippen LogP contribution in [0.25, 0.3) is 20.8 Å². The van der Waals surface area contributed by atoms with Gasteiger partial charge in [-0.25, -0.2) is 4.98 Å². The van der Waals surface area contributed by atoms with Gasteiger partial charge in [0.15, 0.2) is 0 Å². The van der Waals surface area contributed by atoms with Gasteiger partial charge in [-0.1, -0.05) is 41.4 Å². The van der Waals surface area contributed by atoms with Gasteiger partial charge in [0.1, 0.15) is 17.4 Å². The van der Waals surface area contributed by atoms with Crippen LogP contribution in [0.1, 0.15) is 19.4 Å². The van der Waals surface area contributed by atoms with Crippen LogP contribution in [0.5, 0.6) is 5.75 Å². The minimum absolute atomic E-state index is 0.357. The second-order valence-corrected chi connectivity index (χ2v) is 8.74. The third kappa shape index (κ3) is 4.41. The molecule has 0 spiro atoms. The van der Waals surface area contributed by atoms with Crippen molar-refractivity contribution in [3.8, 4) is 16.3 Å². The summed E-state index contributed by atoms with van der Waals surface area (Å²) in [6, 6.07) is 20.0. The van der Waals surface area contributed by atoms with Gasteiger partial charge in [-0.3, -0.25) is 0 Å². The van der Waals surface area contributed by atoms with Gasteiger partial charge in [0.05, 0.1) is 15.8 Å². The zero-order valence-corrected chi connectivity index (χ0v) is 19.2. The van der Waals surface area contributed by atoms with Crippen LogP contribution in [0.3, 0.4) is 0 Å². The predicted molar refractivity (Wildman–Crippen MR) is 129 cm³/mol. The molecule has 3 aromatic carbocycles. The Hall–Kier alpha value is -2.27. The summed E-state index contributed by atoms with van der Waals surface area (Å²) in [7, 11) is 0. The normalized spacial score (nSPS) is 11.1. The number of rotatable bonds is 7. The van der Waals surface area contributed by atoms with Crippen molar-refractivity contribution in [3.05, 3.63) is 76.3 Å². The summed E-state index contributed by atoms with van der Waals surface area (Å²) in [5.41, 5.74) is 4.00. The summed E-state index contributed by atoms with van der Waals surface area (Å²) in [6.07, 6.45) is 0. The molecule has 0 aliphatic heterocycles. The Labute approximate surface area is 190 Å². The Morgan fingerprint density at radius 1 is 0.967 bits per heavy atom. The molecule has 0 aliphatic rings. The van der Waals surface area contributed by atoms with Gasteiger partial charge in [-0.2, -0.15) is 0 Å². The molecule has 0 unspecified atom stereocenters. The highest BCUT2D eigenvalue weighted by Crippen LogP contribution is 2.38. The molecule has 0 saturated carbocycles. The molecular weight excluding hydrogens is 435 g/mol. The molecule has 4 aromatic rings. The van der Waals surface area contributed by atoms with Crippen molar-refractivity contribution < 1.29 is 4.74 Å². The molecule has 0 N–H and O–H groups in total. The summed E-state index contributed by atoms with van der Waals surface area (Å²) in [4.78, 5) is 7.12. The highest BCUT2D eigenvalue weighted by molar-refractivity contribution is 7.21. The van der Waals surface area contributed by atoms with Crippen molar-refractivity contribution in [2.75, 3.05) is 18.0 Å². The molecule has 0 bridgehead atoms. The van der Waals surface area contributed by atoms with Crippen molar-refractivity contribution in [1.82, 2.24) is 4.98 Å². The van der Waals surface area contributed by atoms with Gasteiger partial charge in [0.2, 0.25) is 0 Å². The minimum Gasteiger partial charge on any atom is -0.488 e. The van der Waals surface area contributed by atoms with Crippen LogP contribution in [0, 0.1) is 0 Å². The zero-order chi connectivity index (χ0) is 21.1. The first-order chi connectivity index (χ1) is 14.6. The van der Waals surface area contributed by atoms with E-state index in [-0.39, 0.29) is 0 Å². The maximum absolute atomic E-state index is 6.35. The third-order valence-electron chi connectivity index (χ3n) is 5.02. The second kappa shape index (κ2) is 9.25. The number of thiazole rings is 1. The van der Waals surface area contributed by atoms with Gasteiger partial charge in [0.25, 0.3) is 0 Å². The van der Waals surface area contributed by atoms with Crippen LogP contribution in [0.2, 0.25) is 10.0 Å². The van der Waals surface area contributed by atoms with Crippen LogP contribution < -0.4 is 9.64 Å².